The molecule has 5 nitrogen and oxygen atoms in total. The molecule has 0 radical (unpaired) electrons. The van der Waals surface area contributed by atoms with Crippen LogP contribution >= 0.6 is 0 Å². The predicted molar refractivity (Wildman–Crippen MR) is 90.2 cm³/mol. The second-order valence-electron chi connectivity index (χ2n) is 6.59. The monoisotopic (exact) mass is 313 g/mol. The maximum Gasteiger partial charge on any atom is 0.269 e. The van der Waals surface area contributed by atoms with E-state index in [2.05, 4.69) is 11.9 Å². The standard InChI is InChI=1S/C18H23N3O2/c1-13-7-9-14(10-8-13)20(2)18(23)12-21-16-6-4-3-5-15(16)19-11-17(21)22/h3-6,11,13-14H,7-10,12H2,1-2H3. The maximum atomic E-state index is 12.6. The van der Waals surface area contributed by atoms with Gasteiger partial charge in [-0.25, -0.2) is 4.98 Å². The number of benzene rings is 1. The Morgan fingerprint density at radius 3 is 2.70 bits per heavy atom. The molecule has 1 saturated carbocycles. The smallest absolute Gasteiger partial charge is 0.269 e. The summed E-state index contributed by atoms with van der Waals surface area (Å²) in [6.45, 7) is 2.34. The molecule has 1 aromatic heterocycles. The SMILES string of the molecule is CC1CCC(N(C)C(=O)Cn2c(=O)cnc3ccccc32)CC1. The van der Waals surface area contributed by atoms with E-state index in [-0.39, 0.29) is 18.0 Å². The van der Waals surface area contributed by atoms with E-state index >= 15 is 0 Å². The van der Waals surface area contributed by atoms with Crippen molar-refractivity contribution in [1.29, 1.82) is 0 Å². The van der Waals surface area contributed by atoms with Gasteiger partial charge >= 0.3 is 0 Å². The molecule has 1 aromatic carbocycles. The number of likely N-dealkylation sites (N-methyl/N-ethyl adjacent to an activating group) is 1. The van der Waals surface area contributed by atoms with Crippen LogP contribution in [0.15, 0.2) is 35.3 Å². The van der Waals surface area contributed by atoms with Crippen LogP contribution in [0, 0.1) is 5.92 Å². The molecule has 1 heterocycles. The van der Waals surface area contributed by atoms with Crippen molar-refractivity contribution in [3.63, 3.8) is 0 Å². The molecule has 5 heteroatoms. The molecule has 1 aliphatic carbocycles. The van der Waals surface area contributed by atoms with E-state index in [1.54, 1.807) is 0 Å². The summed E-state index contributed by atoms with van der Waals surface area (Å²) in [5.74, 6) is 0.740. The third-order valence-electron chi connectivity index (χ3n) is 4.97. The van der Waals surface area contributed by atoms with Gasteiger partial charge in [0.25, 0.3) is 5.56 Å². The van der Waals surface area contributed by atoms with Crippen molar-refractivity contribution in [2.45, 2.75) is 45.2 Å². The molecule has 0 spiro atoms. The summed E-state index contributed by atoms with van der Waals surface area (Å²) in [4.78, 5) is 30.7. The summed E-state index contributed by atoms with van der Waals surface area (Å²) in [7, 11) is 1.86. The summed E-state index contributed by atoms with van der Waals surface area (Å²) >= 11 is 0. The van der Waals surface area contributed by atoms with Gasteiger partial charge in [0.15, 0.2) is 0 Å². The van der Waals surface area contributed by atoms with Gasteiger partial charge in [-0.05, 0) is 43.7 Å². The Morgan fingerprint density at radius 1 is 1.26 bits per heavy atom. The lowest BCUT2D eigenvalue weighted by molar-refractivity contribution is -0.133. The van der Waals surface area contributed by atoms with Gasteiger partial charge < -0.3 is 4.90 Å². The molecule has 0 aliphatic heterocycles. The first-order chi connectivity index (χ1) is 11.1. The molecule has 1 fully saturated rings. The van der Waals surface area contributed by atoms with Gasteiger partial charge in [-0.15, -0.1) is 0 Å². The molecule has 2 aromatic rings. The number of carbonyl (C=O) groups is 1. The number of amides is 1. The second-order valence-corrected chi connectivity index (χ2v) is 6.59. The van der Waals surface area contributed by atoms with Gasteiger partial charge in [0.1, 0.15) is 6.54 Å². The van der Waals surface area contributed by atoms with Crippen molar-refractivity contribution < 1.29 is 4.79 Å². The molecule has 0 saturated heterocycles. The highest BCUT2D eigenvalue weighted by Crippen LogP contribution is 2.26. The third-order valence-corrected chi connectivity index (χ3v) is 4.97. The topological polar surface area (TPSA) is 55.2 Å². The number of carbonyl (C=O) groups excluding carboxylic acids is 1. The highest BCUT2D eigenvalue weighted by Gasteiger charge is 2.25. The zero-order chi connectivity index (χ0) is 16.4. The fourth-order valence-electron chi connectivity index (χ4n) is 3.36. The normalized spacial score (nSPS) is 21.3. The van der Waals surface area contributed by atoms with Crippen molar-refractivity contribution in [3.8, 4) is 0 Å². The largest absolute Gasteiger partial charge is 0.341 e. The third kappa shape index (κ3) is 3.28. The molecule has 1 amide bonds. The van der Waals surface area contributed by atoms with Crippen molar-refractivity contribution in [3.05, 3.63) is 40.8 Å². The zero-order valence-electron chi connectivity index (χ0n) is 13.7. The lowest BCUT2D eigenvalue weighted by atomic mass is 9.87. The van der Waals surface area contributed by atoms with Gasteiger partial charge in [0.2, 0.25) is 5.91 Å². The van der Waals surface area contributed by atoms with Crippen LogP contribution in [0.25, 0.3) is 11.0 Å². The van der Waals surface area contributed by atoms with Crippen LogP contribution in [0.4, 0.5) is 0 Å². The fourth-order valence-corrected chi connectivity index (χ4v) is 3.36. The van der Waals surface area contributed by atoms with E-state index in [1.165, 1.54) is 23.6 Å². The first-order valence-electron chi connectivity index (χ1n) is 8.26. The molecule has 1 aliphatic rings. The second kappa shape index (κ2) is 6.52. The van der Waals surface area contributed by atoms with Gasteiger partial charge in [-0.2, -0.15) is 0 Å². The van der Waals surface area contributed by atoms with Crippen LogP contribution in [0.3, 0.4) is 0 Å². The number of rotatable bonds is 3. The lowest BCUT2D eigenvalue weighted by Gasteiger charge is -2.33. The molecule has 0 bridgehead atoms. The summed E-state index contributed by atoms with van der Waals surface area (Å²) in [6.07, 6.45) is 5.73. The Morgan fingerprint density at radius 2 is 1.96 bits per heavy atom. The van der Waals surface area contributed by atoms with Crippen LogP contribution < -0.4 is 5.56 Å². The number of aromatic nitrogens is 2. The maximum absolute atomic E-state index is 12.6. The summed E-state index contributed by atoms with van der Waals surface area (Å²) in [6, 6.07) is 7.71. The first-order valence-corrected chi connectivity index (χ1v) is 8.26. The summed E-state index contributed by atoms with van der Waals surface area (Å²) in [5.41, 5.74) is 1.20. The molecule has 122 valence electrons. The van der Waals surface area contributed by atoms with Crippen molar-refractivity contribution in [2.24, 2.45) is 5.92 Å². The molecule has 0 N–H and O–H groups in total. The van der Waals surface area contributed by atoms with Gasteiger partial charge in [0.05, 0.1) is 17.2 Å². The van der Waals surface area contributed by atoms with E-state index < -0.39 is 0 Å². The minimum absolute atomic E-state index is 0.0111. The zero-order valence-corrected chi connectivity index (χ0v) is 13.7. The molecule has 3 rings (SSSR count). The Bertz CT molecular complexity index is 760. The van der Waals surface area contributed by atoms with E-state index in [9.17, 15) is 9.59 Å². The van der Waals surface area contributed by atoms with E-state index in [0.717, 1.165) is 24.3 Å². The summed E-state index contributed by atoms with van der Waals surface area (Å²) in [5, 5.41) is 0. The minimum atomic E-state index is -0.234. The van der Waals surface area contributed by atoms with Crippen LogP contribution in [0.1, 0.15) is 32.6 Å². The van der Waals surface area contributed by atoms with Crippen molar-refractivity contribution >= 4 is 16.9 Å². The number of nitrogens with zero attached hydrogens (tertiary/aromatic N) is 3. The molecule has 0 unspecified atom stereocenters. The molecule has 23 heavy (non-hydrogen) atoms. The molecular weight excluding hydrogens is 290 g/mol. The number of para-hydroxylation sites is 2. The van der Waals surface area contributed by atoms with Crippen molar-refractivity contribution in [2.75, 3.05) is 7.05 Å². The molecular formula is C18H23N3O2. The first kappa shape index (κ1) is 15.7. The van der Waals surface area contributed by atoms with Gasteiger partial charge in [0, 0.05) is 13.1 Å². The highest BCUT2D eigenvalue weighted by atomic mass is 16.2. The number of fused-ring (bicyclic) bond motifs is 1. The Hall–Kier alpha value is -2.17. The Balaban J connectivity index is 1.80. The van der Waals surface area contributed by atoms with Crippen LogP contribution in [0.5, 0.6) is 0 Å². The van der Waals surface area contributed by atoms with Crippen LogP contribution in [0.2, 0.25) is 0 Å². The number of hydrogen-bond donors (Lipinski definition) is 0. The lowest BCUT2D eigenvalue weighted by Crippen LogP contribution is -2.42. The quantitative estimate of drug-likeness (QED) is 0.874. The van der Waals surface area contributed by atoms with E-state index in [1.807, 2.05) is 36.2 Å². The minimum Gasteiger partial charge on any atom is -0.341 e. The Labute approximate surface area is 135 Å². The van der Waals surface area contributed by atoms with Crippen molar-refractivity contribution in [1.82, 2.24) is 14.5 Å². The average molecular weight is 313 g/mol. The average Bonchev–Trinajstić information content (AvgIpc) is 2.57. The predicted octanol–water partition coefficient (Wildman–Crippen LogP) is 2.43. The highest BCUT2D eigenvalue weighted by molar-refractivity contribution is 5.80. The van der Waals surface area contributed by atoms with Gasteiger partial charge in [-0.3, -0.25) is 14.2 Å². The van der Waals surface area contributed by atoms with Gasteiger partial charge in [-0.1, -0.05) is 19.1 Å². The van der Waals surface area contributed by atoms with Crippen LogP contribution in [-0.4, -0.2) is 33.4 Å². The Kier molecular flexibility index (Phi) is 4.46. The fraction of sp³-hybridized carbons (Fsp3) is 0.500. The van der Waals surface area contributed by atoms with E-state index in [4.69, 9.17) is 0 Å². The number of hydrogen-bond acceptors (Lipinski definition) is 3. The van der Waals surface area contributed by atoms with Crippen LogP contribution in [-0.2, 0) is 11.3 Å². The van der Waals surface area contributed by atoms with E-state index in [0.29, 0.717) is 11.6 Å². The molecule has 0 atom stereocenters. The summed E-state index contributed by atoms with van der Waals surface area (Å²) < 4.78 is 1.52.